The van der Waals surface area contributed by atoms with Gasteiger partial charge in [0.25, 0.3) is 0 Å². The lowest BCUT2D eigenvalue weighted by Crippen LogP contribution is -2.45. The van der Waals surface area contributed by atoms with Crippen LogP contribution >= 0.6 is 0 Å². The summed E-state index contributed by atoms with van der Waals surface area (Å²) in [7, 11) is 0. The molecule has 112 valence electrons. The van der Waals surface area contributed by atoms with E-state index >= 15 is 0 Å². The Labute approximate surface area is 124 Å². The van der Waals surface area contributed by atoms with Crippen LogP contribution < -0.4 is 0 Å². The summed E-state index contributed by atoms with van der Waals surface area (Å²) in [6.45, 7) is 7.52. The van der Waals surface area contributed by atoms with Crippen LogP contribution in [0.25, 0.3) is 0 Å². The number of tetrazole rings is 1. The molecule has 1 saturated heterocycles. The highest BCUT2D eigenvalue weighted by Crippen LogP contribution is 2.13. The summed E-state index contributed by atoms with van der Waals surface area (Å²) in [6.07, 6.45) is 0.513. The fraction of sp³-hybridized carbons (Fsp3) is 0.533. The predicted octanol–water partition coefficient (Wildman–Crippen LogP) is 1.33. The van der Waals surface area contributed by atoms with Gasteiger partial charge >= 0.3 is 0 Å². The Bertz CT molecular complexity index is 560. The Hall–Kier alpha value is -1.79. The van der Waals surface area contributed by atoms with Gasteiger partial charge in [-0.25, -0.2) is 4.68 Å². The highest BCUT2D eigenvalue weighted by atomic mass is 16.5. The predicted molar refractivity (Wildman–Crippen MR) is 78.6 cm³/mol. The Balaban J connectivity index is 1.68. The number of ether oxygens (including phenoxy) is 1. The van der Waals surface area contributed by atoms with Crippen molar-refractivity contribution in [3.8, 4) is 0 Å². The minimum absolute atomic E-state index is 0.257. The molecule has 2 aromatic rings. The maximum Gasteiger partial charge on any atom is 0.165 e. The Morgan fingerprint density at radius 2 is 1.81 bits per heavy atom. The van der Waals surface area contributed by atoms with E-state index in [1.165, 1.54) is 5.56 Å². The maximum atomic E-state index is 5.76. The molecule has 6 heteroatoms. The molecule has 1 aliphatic heterocycles. The summed E-state index contributed by atoms with van der Waals surface area (Å²) in [5.41, 5.74) is 1.20. The first kappa shape index (κ1) is 14.2. The quantitative estimate of drug-likeness (QED) is 0.849. The fourth-order valence-corrected chi connectivity index (χ4v) is 2.83. The van der Waals surface area contributed by atoms with Crippen LogP contribution in [0, 0.1) is 0 Å². The Kier molecular flexibility index (Phi) is 4.26. The van der Waals surface area contributed by atoms with Crippen molar-refractivity contribution in [2.45, 2.75) is 39.1 Å². The number of hydrogen-bond donors (Lipinski definition) is 0. The van der Waals surface area contributed by atoms with Crippen molar-refractivity contribution in [3.05, 3.63) is 41.7 Å². The van der Waals surface area contributed by atoms with Gasteiger partial charge in [-0.2, -0.15) is 0 Å². The van der Waals surface area contributed by atoms with Crippen molar-refractivity contribution < 1.29 is 4.74 Å². The van der Waals surface area contributed by atoms with Crippen LogP contribution in [0.1, 0.15) is 25.2 Å². The van der Waals surface area contributed by atoms with Gasteiger partial charge in [-0.3, -0.25) is 4.90 Å². The van der Waals surface area contributed by atoms with Gasteiger partial charge in [-0.05, 0) is 29.8 Å². The number of nitrogens with zero attached hydrogens (tertiary/aromatic N) is 5. The fourth-order valence-electron chi connectivity index (χ4n) is 2.83. The van der Waals surface area contributed by atoms with Crippen LogP contribution in [0.4, 0.5) is 0 Å². The first-order valence-corrected chi connectivity index (χ1v) is 7.37. The van der Waals surface area contributed by atoms with Crippen molar-refractivity contribution in [1.29, 1.82) is 0 Å². The number of rotatable bonds is 4. The molecule has 21 heavy (non-hydrogen) atoms. The van der Waals surface area contributed by atoms with Gasteiger partial charge in [0.2, 0.25) is 0 Å². The van der Waals surface area contributed by atoms with Crippen LogP contribution in [-0.2, 0) is 17.8 Å². The van der Waals surface area contributed by atoms with Gasteiger partial charge in [-0.1, -0.05) is 30.3 Å². The molecular formula is C15H21N5O. The summed E-state index contributed by atoms with van der Waals surface area (Å²) in [6, 6.07) is 10.3. The molecule has 0 N–H and O–H groups in total. The third kappa shape index (κ3) is 3.65. The smallest absolute Gasteiger partial charge is 0.165 e. The van der Waals surface area contributed by atoms with E-state index < -0.39 is 0 Å². The lowest BCUT2D eigenvalue weighted by atomic mass is 10.2. The molecule has 2 unspecified atom stereocenters. The number of benzene rings is 1. The SMILES string of the molecule is CC1CN(Cc2nnnn2Cc2ccccc2)CC(C)O1. The number of morpholine rings is 1. The molecule has 1 fully saturated rings. The van der Waals surface area contributed by atoms with Crippen LogP contribution in [0.15, 0.2) is 30.3 Å². The van der Waals surface area contributed by atoms with Crippen LogP contribution in [0.5, 0.6) is 0 Å². The minimum Gasteiger partial charge on any atom is -0.373 e. The van der Waals surface area contributed by atoms with E-state index in [9.17, 15) is 0 Å². The average molecular weight is 287 g/mol. The third-order valence-corrected chi connectivity index (χ3v) is 3.64. The van der Waals surface area contributed by atoms with Gasteiger partial charge in [0.15, 0.2) is 5.82 Å². The molecule has 0 saturated carbocycles. The molecule has 1 aliphatic rings. The molecule has 0 amide bonds. The van der Waals surface area contributed by atoms with Crippen molar-refractivity contribution in [3.63, 3.8) is 0 Å². The van der Waals surface area contributed by atoms with Crippen molar-refractivity contribution in [1.82, 2.24) is 25.1 Å². The van der Waals surface area contributed by atoms with Gasteiger partial charge in [0.05, 0.1) is 25.3 Å². The van der Waals surface area contributed by atoms with E-state index in [4.69, 9.17) is 4.74 Å². The van der Waals surface area contributed by atoms with E-state index in [-0.39, 0.29) is 12.2 Å². The lowest BCUT2D eigenvalue weighted by molar-refractivity contribution is -0.0713. The maximum absolute atomic E-state index is 5.76. The lowest BCUT2D eigenvalue weighted by Gasteiger charge is -2.34. The molecule has 1 aromatic carbocycles. The van der Waals surface area contributed by atoms with E-state index in [1.54, 1.807) is 0 Å². The molecular weight excluding hydrogens is 266 g/mol. The second-order valence-corrected chi connectivity index (χ2v) is 5.69. The second-order valence-electron chi connectivity index (χ2n) is 5.69. The normalized spacial score (nSPS) is 23.3. The van der Waals surface area contributed by atoms with Crippen LogP contribution in [0.3, 0.4) is 0 Å². The molecule has 2 atom stereocenters. The largest absolute Gasteiger partial charge is 0.373 e. The molecule has 0 bridgehead atoms. The standard InChI is InChI=1S/C15H21N5O/c1-12-8-19(9-13(2)21-12)11-15-16-17-18-20(15)10-14-6-4-3-5-7-14/h3-7,12-13H,8-11H2,1-2H3. The highest BCUT2D eigenvalue weighted by molar-refractivity contribution is 5.14. The van der Waals surface area contributed by atoms with E-state index in [0.717, 1.165) is 25.5 Å². The molecule has 3 rings (SSSR count). The van der Waals surface area contributed by atoms with Crippen LogP contribution in [-0.4, -0.2) is 50.4 Å². The zero-order chi connectivity index (χ0) is 14.7. The summed E-state index contributed by atoms with van der Waals surface area (Å²) in [5.74, 6) is 0.903. The molecule has 0 radical (unpaired) electrons. The van der Waals surface area contributed by atoms with Gasteiger partial charge < -0.3 is 4.74 Å². The molecule has 0 spiro atoms. The third-order valence-electron chi connectivity index (χ3n) is 3.64. The molecule has 6 nitrogen and oxygen atoms in total. The van der Waals surface area contributed by atoms with Gasteiger partial charge in [0, 0.05) is 13.1 Å². The average Bonchev–Trinajstić information content (AvgIpc) is 2.86. The first-order chi connectivity index (χ1) is 10.2. The van der Waals surface area contributed by atoms with Crippen molar-refractivity contribution in [2.24, 2.45) is 0 Å². The summed E-state index contributed by atoms with van der Waals surface area (Å²) in [4.78, 5) is 2.35. The zero-order valence-electron chi connectivity index (χ0n) is 12.5. The first-order valence-electron chi connectivity index (χ1n) is 7.37. The highest BCUT2D eigenvalue weighted by Gasteiger charge is 2.23. The zero-order valence-corrected chi connectivity index (χ0v) is 12.5. The molecule has 0 aliphatic carbocycles. The second kappa shape index (κ2) is 6.32. The monoisotopic (exact) mass is 287 g/mol. The van der Waals surface area contributed by atoms with Gasteiger partial charge in [-0.15, -0.1) is 5.10 Å². The number of aromatic nitrogens is 4. The number of hydrogen-bond acceptors (Lipinski definition) is 5. The minimum atomic E-state index is 0.257. The van der Waals surface area contributed by atoms with Crippen LogP contribution in [0.2, 0.25) is 0 Å². The Morgan fingerprint density at radius 1 is 1.10 bits per heavy atom. The van der Waals surface area contributed by atoms with E-state index in [0.29, 0.717) is 6.54 Å². The summed E-state index contributed by atoms with van der Waals surface area (Å²) < 4.78 is 7.64. The topological polar surface area (TPSA) is 56.1 Å². The van der Waals surface area contributed by atoms with E-state index in [2.05, 4.69) is 46.4 Å². The summed E-state index contributed by atoms with van der Waals surface area (Å²) in [5, 5.41) is 12.1. The van der Waals surface area contributed by atoms with Gasteiger partial charge in [0.1, 0.15) is 0 Å². The van der Waals surface area contributed by atoms with Crippen molar-refractivity contribution >= 4 is 0 Å². The van der Waals surface area contributed by atoms with Crippen molar-refractivity contribution in [2.75, 3.05) is 13.1 Å². The summed E-state index contributed by atoms with van der Waals surface area (Å²) >= 11 is 0. The molecule has 1 aromatic heterocycles. The molecule has 2 heterocycles. The Morgan fingerprint density at radius 3 is 2.52 bits per heavy atom. The van der Waals surface area contributed by atoms with E-state index in [1.807, 2.05) is 22.9 Å².